The number of carbonyl (C=O) groups is 1. The van der Waals surface area contributed by atoms with E-state index in [1.54, 1.807) is 0 Å². The molecule has 0 aromatic heterocycles. The number of para-hydroxylation sites is 1. The molecule has 1 aliphatic rings. The second-order valence-corrected chi connectivity index (χ2v) is 7.29. The fourth-order valence-corrected chi connectivity index (χ4v) is 3.64. The number of aliphatic hydroxyl groups excluding tert-OH is 1. The maximum atomic E-state index is 12.0. The second-order valence-electron chi connectivity index (χ2n) is 7.29. The molecular formula is C21H35IN4O2. The minimum absolute atomic E-state index is 0. The molecule has 0 radical (unpaired) electrons. The van der Waals surface area contributed by atoms with E-state index < -0.39 is 0 Å². The summed E-state index contributed by atoms with van der Waals surface area (Å²) >= 11 is 0. The van der Waals surface area contributed by atoms with Crippen LogP contribution in [0.4, 0.5) is 5.69 Å². The summed E-state index contributed by atoms with van der Waals surface area (Å²) in [5.41, 5.74) is 2.10. The van der Waals surface area contributed by atoms with Crippen LogP contribution < -0.4 is 16.0 Å². The Morgan fingerprint density at radius 2 is 1.96 bits per heavy atom. The van der Waals surface area contributed by atoms with Crippen molar-refractivity contribution in [2.24, 2.45) is 10.4 Å². The number of guanidine groups is 1. The highest BCUT2D eigenvalue weighted by molar-refractivity contribution is 14.0. The molecule has 1 amide bonds. The summed E-state index contributed by atoms with van der Waals surface area (Å²) in [4.78, 5) is 16.8. The molecule has 1 aliphatic heterocycles. The van der Waals surface area contributed by atoms with E-state index in [1.807, 2.05) is 25.1 Å². The first-order valence-corrected chi connectivity index (χ1v) is 10.1. The molecule has 1 unspecified atom stereocenters. The molecule has 1 heterocycles. The smallest absolute Gasteiger partial charge is 0.225 e. The lowest BCUT2D eigenvalue weighted by molar-refractivity contribution is -0.116. The number of anilines is 1. The maximum absolute atomic E-state index is 12.0. The van der Waals surface area contributed by atoms with Crippen LogP contribution in [-0.4, -0.2) is 43.2 Å². The molecule has 0 aliphatic carbocycles. The van der Waals surface area contributed by atoms with Crippen LogP contribution >= 0.6 is 24.0 Å². The highest BCUT2D eigenvalue weighted by Gasteiger charge is 2.26. The lowest BCUT2D eigenvalue weighted by atomic mass is 9.79. The van der Waals surface area contributed by atoms with Crippen molar-refractivity contribution in [3.8, 4) is 0 Å². The number of carbonyl (C=O) groups excluding carboxylic acids is 1. The van der Waals surface area contributed by atoms with Gasteiger partial charge in [-0.1, -0.05) is 32.0 Å². The molecule has 1 aromatic carbocycles. The molecule has 2 rings (SSSR count). The van der Waals surface area contributed by atoms with Crippen molar-refractivity contribution in [2.75, 3.05) is 31.6 Å². The summed E-state index contributed by atoms with van der Waals surface area (Å²) in [5, 5.41) is 19.1. The van der Waals surface area contributed by atoms with E-state index in [1.165, 1.54) is 0 Å². The molecule has 0 bridgehead atoms. The lowest BCUT2D eigenvalue weighted by Crippen LogP contribution is -2.41. The number of fused-ring (bicyclic) bond motifs is 1. The third kappa shape index (κ3) is 6.62. The van der Waals surface area contributed by atoms with E-state index in [0.717, 1.165) is 43.0 Å². The zero-order valence-electron chi connectivity index (χ0n) is 17.3. The first kappa shape index (κ1) is 24.7. The highest BCUT2D eigenvalue weighted by atomic mass is 127. The summed E-state index contributed by atoms with van der Waals surface area (Å²) in [6.45, 7) is 8.66. The van der Waals surface area contributed by atoms with E-state index in [2.05, 4.69) is 35.9 Å². The van der Waals surface area contributed by atoms with Crippen molar-refractivity contribution in [2.45, 2.75) is 52.4 Å². The van der Waals surface area contributed by atoms with Crippen molar-refractivity contribution in [1.82, 2.24) is 10.6 Å². The van der Waals surface area contributed by atoms with Gasteiger partial charge in [-0.05, 0) is 43.2 Å². The van der Waals surface area contributed by atoms with E-state index in [9.17, 15) is 9.90 Å². The van der Waals surface area contributed by atoms with Gasteiger partial charge in [0.25, 0.3) is 0 Å². The topological polar surface area (TPSA) is 85.8 Å². The predicted octanol–water partition coefficient (Wildman–Crippen LogP) is 3.47. The van der Waals surface area contributed by atoms with Gasteiger partial charge in [-0.15, -0.1) is 24.0 Å². The fourth-order valence-electron chi connectivity index (χ4n) is 3.64. The Kier molecular flexibility index (Phi) is 10.8. The Balaban J connectivity index is 0.00000392. The molecule has 1 aromatic rings. The van der Waals surface area contributed by atoms with Crippen LogP contribution in [0.15, 0.2) is 29.3 Å². The SMILES string of the molecule is CCNC(=NCC(CC)(CC)CCO)NCC1CC(=O)Nc2ccccc21.I. The molecule has 158 valence electrons. The van der Waals surface area contributed by atoms with E-state index >= 15 is 0 Å². The summed E-state index contributed by atoms with van der Waals surface area (Å²) in [6, 6.07) is 7.97. The van der Waals surface area contributed by atoms with Gasteiger partial charge in [0.1, 0.15) is 0 Å². The predicted molar refractivity (Wildman–Crippen MR) is 127 cm³/mol. The molecule has 7 heteroatoms. The quantitative estimate of drug-likeness (QED) is 0.237. The first-order chi connectivity index (χ1) is 13.1. The number of amides is 1. The van der Waals surface area contributed by atoms with Gasteiger partial charge in [0.05, 0.1) is 0 Å². The summed E-state index contributed by atoms with van der Waals surface area (Å²) in [6.07, 6.45) is 3.22. The zero-order chi connectivity index (χ0) is 19.7. The number of rotatable bonds is 9. The number of aliphatic hydroxyl groups is 1. The summed E-state index contributed by atoms with van der Waals surface area (Å²) in [5.74, 6) is 0.949. The fraction of sp³-hybridized carbons (Fsp3) is 0.619. The van der Waals surface area contributed by atoms with Gasteiger partial charge < -0.3 is 21.1 Å². The number of halogens is 1. The average molecular weight is 502 g/mol. The first-order valence-electron chi connectivity index (χ1n) is 10.1. The Hall–Kier alpha value is -1.35. The number of nitrogens with one attached hydrogen (secondary N) is 3. The third-order valence-electron chi connectivity index (χ3n) is 5.68. The molecular weight excluding hydrogens is 467 g/mol. The monoisotopic (exact) mass is 502 g/mol. The molecule has 28 heavy (non-hydrogen) atoms. The van der Waals surface area contributed by atoms with E-state index in [-0.39, 0.29) is 47.8 Å². The van der Waals surface area contributed by atoms with Gasteiger partial charge in [0.2, 0.25) is 5.91 Å². The van der Waals surface area contributed by atoms with Crippen molar-refractivity contribution in [1.29, 1.82) is 0 Å². The molecule has 4 N–H and O–H groups in total. The Bertz CT molecular complexity index is 647. The minimum atomic E-state index is 0. The molecule has 0 spiro atoms. The van der Waals surface area contributed by atoms with Gasteiger partial charge >= 0.3 is 0 Å². The third-order valence-corrected chi connectivity index (χ3v) is 5.68. The van der Waals surface area contributed by atoms with Gasteiger partial charge in [-0.25, -0.2) is 0 Å². The summed E-state index contributed by atoms with van der Waals surface area (Å²) < 4.78 is 0. The number of hydrogen-bond acceptors (Lipinski definition) is 3. The lowest BCUT2D eigenvalue weighted by Gasteiger charge is -2.30. The van der Waals surface area contributed by atoms with Crippen molar-refractivity contribution in [3.05, 3.63) is 29.8 Å². The molecule has 1 atom stereocenters. The number of hydrogen-bond donors (Lipinski definition) is 4. The average Bonchev–Trinajstić information content (AvgIpc) is 2.68. The largest absolute Gasteiger partial charge is 0.396 e. The van der Waals surface area contributed by atoms with Gasteiger partial charge in [0, 0.05) is 44.3 Å². The standard InChI is InChI=1S/C21H34N4O2.HI/c1-4-21(5-2,11-12-26)15-24-20(22-6-3)23-14-16-13-19(27)25-18-10-8-7-9-17(16)18;/h7-10,16,26H,4-6,11-15H2,1-3H3,(H,25,27)(H2,22,23,24);1H. The van der Waals surface area contributed by atoms with Crippen LogP contribution in [0.3, 0.4) is 0 Å². The van der Waals surface area contributed by atoms with Crippen molar-refractivity contribution in [3.63, 3.8) is 0 Å². The summed E-state index contributed by atoms with van der Waals surface area (Å²) in [7, 11) is 0. The van der Waals surface area contributed by atoms with E-state index in [4.69, 9.17) is 4.99 Å². The highest BCUT2D eigenvalue weighted by Crippen LogP contribution is 2.32. The second kappa shape index (κ2) is 12.3. The van der Waals surface area contributed by atoms with Crippen molar-refractivity contribution >= 4 is 41.5 Å². The molecule has 6 nitrogen and oxygen atoms in total. The Morgan fingerprint density at radius 3 is 2.61 bits per heavy atom. The Labute approximate surface area is 186 Å². The number of aliphatic imine (C=N–C) groups is 1. The van der Waals surface area contributed by atoms with Crippen LogP contribution in [0.25, 0.3) is 0 Å². The van der Waals surface area contributed by atoms with E-state index in [0.29, 0.717) is 19.5 Å². The van der Waals surface area contributed by atoms with Gasteiger partial charge in [0.15, 0.2) is 5.96 Å². The van der Waals surface area contributed by atoms with Crippen LogP contribution in [0.1, 0.15) is 57.9 Å². The molecule has 0 saturated carbocycles. The van der Waals surface area contributed by atoms with Crippen LogP contribution in [0.5, 0.6) is 0 Å². The van der Waals surface area contributed by atoms with Crippen molar-refractivity contribution < 1.29 is 9.90 Å². The van der Waals surface area contributed by atoms with Gasteiger partial charge in [-0.3, -0.25) is 9.79 Å². The zero-order valence-corrected chi connectivity index (χ0v) is 19.6. The number of benzene rings is 1. The maximum Gasteiger partial charge on any atom is 0.225 e. The molecule has 0 fully saturated rings. The van der Waals surface area contributed by atoms with Gasteiger partial charge in [-0.2, -0.15) is 0 Å². The van der Waals surface area contributed by atoms with Crippen LogP contribution in [-0.2, 0) is 4.79 Å². The normalized spacial score (nSPS) is 16.6. The Morgan fingerprint density at radius 1 is 1.25 bits per heavy atom. The molecule has 0 saturated heterocycles. The number of nitrogens with zero attached hydrogens (tertiary/aromatic N) is 1. The minimum Gasteiger partial charge on any atom is -0.396 e. The van der Waals surface area contributed by atoms with Crippen LogP contribution in [0, 0.1) is 5.41 Å². The van der Waals surface area contributed by atoms with Crippen LogP contribution in [0.2, 0.25) is 0 Å².